The third kappa shape index (κ3) is 2.84. The van der Waals surface area contributed by atoms with Crippen LogP contribution >= 0.6 is 0 Å². The highest BCUT2D eigenvalue weighted by atomic mass is 14.4. The monoisotopic (exact) mass is 470 g/mol. The summed E-state index contributed by atoms with van der Waals surface area (Å²) in [7, 11) is 0. The fourth-order valence-electron chi connectivity index (χ4n) is 6.70. The van der Waals surface area contributed by atoms with Crippen LogP contribution in [0.3, 0.4) is 0 Å². The fourth-order valence-corrected chi connectivity index (χ4v) is 6.70. The summed E-state index contributed by atoms with van der Waals surface area (Å²) in [5, 5.41) is 8.03. The summed E-state index contributed by atoms with van der Waals surface area (Å²) in [4.78, 5) is 0. The molecule has 8 rings (SSSR count). The van der Waals surface area contributed by atoms with Gasteiger partial charge in [-0.05, 0) is 89.0 Å². The van der Waals surface area contributed by atoms with Crippen LogP contribution < -0.4 is 0 Å². The van der Waals surface area contributed by atoms with Gasteiger partial charge in [-0.1, -0.05) is 123 Å². The second kappa shape index (κ2) is 7.31. The normalized spacial score (nSPS) is 13.9. The van der Waals surface area contributed by atoms with Crippen molar-refractivity contribution in [2.45, 2.75) is 19.3 Å². The molecule has 7 aromatic carbocycles. The molecule has 174 valence electrons. The lowest BCUT2D eigenvalue weighted by Crippen LogP contribution is -2.15. The van der Waals surface area contributed by atoms with E-state index in [9.17, 15) is 0 Å². The molecule has 0 nitrogen and oxygen atoms in total. The molecule has 0 N–H and O–H groups in total. The van der Waals surface area contributed by atoms with Gasteiger partial charge in [0.25, 0.3) is 0 Å². The molecule has 0 atom stereocenters. The first-order valence-corrected chi connectivity index (χ1v) is 13.1. The second-order valence-corrected chi connectivity index (χ2v) is 11.0. The minimum Gasteiger partial charge on any atom is -0.0622 e. The van der Waals surface area contributed by atoms with E-state index in [0.29, 0.717) is 0 Å². The van der Waals surface area contributed by atoms with E-state index in [1.165, 1.54) is 76.8 Å². The number of hydrogen-bond acceptors (Lipinski definition) is 0. The van der Waals surface area contributed by atoms with E-state index in [1.54, 1.807) is 0 Å². The average molecular weight is 471 g/mol. The van der Waals surface area contributed by atoms with E-state index in [1.807, 2.05) is 0 Å². The van der Waals surface area contributed by atoms with Gasteiger partial charge in [-0.2, -0.15) is 0 Å². The largest absolute Gasteiger partial charge is 0.0622 e. The molecule has 1 aliphatic carbocycles. The molecule has 7 aromatic rings. The highest BCUT2D eigenvalue weighted by molar-refractivity contribution is 6.25. The summed E-state index contributed by atoms with van der Waals surface area (Å²) >= 11 is 0. The summed E-state index contributed by atoms with van der Waals surface area (Å²) < 4.78 is 0. The third-order valence-corrected chi connectivity index (χ3v) is 8.62. The molecule has 1 aliphatic rings. The van der Waals surface area contributed by atoms with Gasteiger partial charge in [-0.15, -0.1) is 0 Å². The maximum Gasteiger partial charge on any atom is 0.0159 e. The fraction of sp³-hybridized carbons (Fsp3) is 0.0811. The van der Waals surface area contributed by atoms with E-state index >= 15 is 0 Å². The zero-order chi connectivity index (χ0) is 24.7. The van der Waals surface area contributed by atoms with Crippen LogP contribution in [0.5, 0.6) is 0 Å². The van der Waals surface area contributed by atoms with Gasteiger partial charge in [0.15, 0.2) is 0 Å². The van der Waals surface area contributed by atoms with Crippen LogP contribution in [0.15, 0.2) is 121 Å². The molecular formula is C37H26. The second-order valence-electron chi connectivity index (χ2n) is 11.0. The lowest BCUT2D eigenvalue weighted by atomic mass is 9.80. The van der Waals surface area contributed by atoms with Crippen LogP contribution in [0.1, 0.15) is 25.0 Å². The van der Waals surface area contributed by atoms with Crippen molar-refractivity contribution >= 4 is 32.3 Å². The number of fused-ring (bicyclic) bond motifs is 3. The Balaban J connectivity index is 1.32. The van der Waals surface area contributed by atoms with Crippen molar-refractivity contribution in [3.63, 3.8) is 0 Å². The van der Waals surface area contributed by atoms with Crippen molar-refractivity contribution < 1.29 is 0 Å². The standard InChI is InChI=1S/C37H26/c1-37(2)33-21-27(23-7-4-3-5-8-23)15-18-30(33)31-19-16-28(22-34(31)37)29-17-13-26-12-11-24-9-6-10-25-14-20-32(29)36(26)35(24)25/h3-22H,1-2H3. The highest BCUT2D eigenvalue weighted by Gasteiger charge is 2.36. The summed E-state index contributed by atoms with van der Waals surface area (Å²) in [6.45, 7) is 4.75. The van der Waals surface area contributed by atoms with E-state index in [4.69, 9.17) is 0 Å². The first-order valence-electron chi connectivity index (χ1n) is 13.1. The Hall–Kier alpha value is -4.42. The molecule has 0 saturated carbocycles. The maximum atomic E-state index is 2.45. The van der Waals surface area contributed by atoms with Gasteiger partial charge in [0.1, 0.15) is 0 Å². The summed E-state index contributed by atoms with van der Waals surface area (Å²) in [6, 6.07) is 45.2. The van der Waals surface area contributed by atoms with Crippen molar-refractivity contribution in [2.24, 2.45) is 0 Å². The van der Waals surface area contributed by atoms with Crippen molar-refractivity contribution in [3.8, 4) is 33.4 Å². The van der Waals surface area contributed by atoms with Gasteiger partial charge >= 0.3 is 0 Å². The zero-order valence-corrected chi connectivity index (χ0v) is 21.0. The van der Waals surface area contributed by atoms with Gasteiger partial charge in [0.05, 0.1) is 0 Å². The first kappa shape index (κ1) is 20.7. The van der Waals surface area contributed by atoms with Crippen molar-refractivity contribution in [2.75, 3.05) is 0 Å². The van der Waals surface area contributed by atoms with Gasteiger partial charge in [-0.3, -0.25) is 0 Å². The van der Waals surface area contributed by atoms with Crippen LogP contribution in [0, 0.1) is 0 Å². The number of benzene rings is 7. The topological polar surface area (TPSA) is 0 Å². The Labute approximate surface area is 217 Å². The predicted octanol–water partition coefficient (Wildman–Crippen LogP) is 10.2. The first-order chi connectivity index (χ1) is 18.1. The molecule has 0 aliphatic heterocycles. The van der Waals surface area contributed by atoms with Gasteiger partial charge in [0.2, 0.25) is 0 Å². The smallest absolute Gasteiger partial charge is 0.0159 e. The Morgan fingerprint density at radius 2 is 0.973 bits per heavy atom. The molecule has 0 heterocycles. The number of rotatable bonds is 2. The average Bonchev–Trinajstić information content (AvgIpc) is 3.17. The van der Waals surface area contributed by atoms with Crippen LogP contribution in [-0.2, 0) is 5.41 Å². The molecular weight excluding hydrogens is 444 g/mol. The van der Waals surface area contributed by atoms with Crippen LogP contribution in [0.4, 0.5) is 0 Å². The maximum absolute atomic E-state index is 2.45. The summed E-state index contributed by atoms with van der Waals surface area (Å²) in [6.07, 6.45) is 0. The minimum absolute atomic E-state index is 0.0603. The zero-order valence-electron chi connectivity index (χ0n) is 21.0. The lowest BCUT2D eigenvalue weighted by Gasteiger charge is -2.23. The van der Waals surface area contributed by atoms with E-state index < -0.39 is 0 Å². The van der Waals surface area contributed by atoms with Crippen LogP contribution in [-0.4, -0.2) is 0 Å². The van der Waals surface area contributed by atoms with Gasteiger partial charge < -0.3 is 0 Å². The minimum atomic E-state index is -0.0603. The quantitative estimate of drug-likeness (QED) is 0.220. The van der Waals surface area contributed by atoms with E-state index in [2.05, 4.69) is 135 Å². The van der Waals surface area contributed by atoms with Gasteiger partial charge in [-0.25, -0.2) is 0 Å². The molecule has 0 unspecified atom stereocenters. The van der Waals surface area contributed by atoms with Crippen molar-refractivity contribution in [3.05, 3.63) is 132 Å². The molecule has 37 heavy (non-hydrogen) atoms. The van der Waals surface area contributed by atoms with Crippen LogP contribution in [0.25, 0.3) is 65.7 Å². The number of hydrogen-bond donors (Lipinski definition) is 0. The predicted molar refractivity (Wildman–Crippen MR) is 159 cm³/mol. The Bertz CT molecular complexity index is 1970. The van der Waals surface area contributed by atoms with Crippen molar-refractivity contribution in [1.29, 1.82) is 0 Å². The molecule has 0 spiro atoms. The summed E-state index contributed by atoms with van der Waals surface area (Å²) in [5.74, 6) is 0. The Morgan fingerprint density at radius 1 is 0.405 bits per heavy atom. The molecule has 0 heteroatoms. The molecule has 0 fully saturated rings. The lowest BCUT2D eigenvalue weighted by molar-refractivity contribution is 0.661. The Morgan fingerprint density at radius 3 is 1.70 bits per heavy atom. The van der Waals surface area contributed by atoms with E-state index in [0.717, 1.165) is 0 Å². The molecule has 0 bridgehead atoms. The molecule has 0 aromatic heterocycles. The molecule has 0 radical (unpaired) electrons. The highest BCUT2D eigenvalue weighted by Crippen LogP contribution is 2.51. The molecule has 0 amide bonds. The van der Waals surface area contributed by atoms with Gasteiger partial charge in [0, 0.05) is 5.41 Å². The third-order valence-electron chi connectivity index (χ3n) is 8.62. The van der Waals surface area contributed by atoms with E-state index in [-0.39, 0.29) is 5.41 Å². The van der Waals surface area contributed by atoms with Crippen LogP contribution in [0.2, 0.25) is 0 Å². The Kier molecular flexibility index (Phi) is 4.10. The SMILES string of the molecule is CC1(C)c2cc(-c3ccccc3)ccc2-c2ccc(-c3ccc4ccc5cccc6ccc3c4c56)cc21. The molecule has 0 saturated heterocycles. The summed E-state index contributed by atoms with van der Waals surface area (Å²) in [5.41, 5.74) is 10.6. The van der Waals surface area contributed by atoms with Crippen molar-refractivity contribution in [1.82, 2.24) is 0 Å².